The Morgan fingerprint density at radius 2 is 1.81 bits per heavy atom. The van der Waals surface area contributed by atoms with Crippen LogP contribution in [0.2, 0.25) is 0 Å². The van der Waals surface area contributed by atoms with E-state index >= 15 is 0 Å². The smallest absolute Gasteiger partial charge is 0.266 e. The van der Waals surface area contributed by atoms with Crippen molar-refractivity contribution in [2.24, 2.45) is 0 Å². The van der Waals surface area contributed by atoms with Crippen molar-refractivity contribution < 1.29 is 17.9 Å². The molecule has 0 aliphatic carbocycles. The van der Waals surface area contributed by atoms with Crippen LogP contribution < -0.4 is 10.1 Å². The summed E-state index contributed by atoms with van der Waals surface area (Å²) in [6, 6.07) is 8.78. The van der Waals surface area contributed by atoms with Gasteiger partial charge in [0.05, 0.1) is 24.2 Å². The number of aromatic nitrogens is 2. The van der Waals surface area contributed by atoms with Crippen molar-refractivity contribution in [2.75, 3.05) is 12.4 Å². The molecule has 4 nitrogen and oxygen atoms in total. The number of ether oxygens (including phenoxy) is 1. The quantitative estimate of drug-likeness (QED) is 0.679. The lowest BCUT2D eigenvalue weighted by Crippen LogP contribution is -2.12. The number of nitrogens with zero attached hydrogens (tertiary/aromatic N) is 2. The standard InChI is InChI=1S/C19H18F3N3O/c1-10(13-5-4-6-14(17(13)20)18(21)22)23-19-15-9-12(26-3)7-8-16(15)24-11(2)25-19/h4-10,18H,1-3H3,(H,23,24,25). The third kappa shape index (κ3) is 3.42. The molecule has 0 spiro atoms. The van der Waals surface area contributed by atoms with Gasteiger partial charge in [0, 0.05) is 10.9 Å². The summed E-state index contributed by atoms with van der Waals surface area (Å²) in [6.45, 7) is 3.44. The van der Waals surface area contributed by atoms with E-state index < -0.39 is 23.8 Å². The molecule has 3 aromatic rings. The molecule has 0 aliphatic rings. The maximum atomic E-state index is 14.4. The summed E-state index contributed by atoms with van der Waals surface area (Å²) in [5, 5.41) is 3.81. The Bertz CT molecular complexity index is 947. The Labute approximate surface area is 149 Å². The number of hydrogen-bond donors (Lipinski definition) is 1. The zero-order valence-electron chi connectivity index (χ0n) is 14.6. The predicted molar refractivity (Wildman–Crippen MR) is 94.2 cm³/mol. The van der Waals surface area contributed by atoms with Gasteiger partial charge in [-0.05, 0) is 32.0 Å². The molecule has 3 rings (SSSR count). The van der Waals surface area contributed by atoms with E-state index in [-0.39, 0.29) is 5.56 Å². The minimum atomic E-state index is -2.87. The van der Waals surface area contributed by atoms with Crippen LogP contribution in [0, 0.1) is 12.7 Å². The van der Waals surface area contributed by atoms with E-state index in [1.165, 1.54) is 12.1 Å². The fraction of sp³-hybridized carbons (Fsp3) is 0.263. The Morgan fingerprint density at radius 1 is 1.08 bits per heavy atom. The van der Waals surface area contributed by atoms with E-state index in [9.17, 15) is 13.2 Å². The highest BCUT2D eigenvalue weighted by molar-refractivity contribution is 5.90. The van der Waals surface area contributed by atoms with Gasteiger partial charge in [0.25, 0.3) is 6.43 Å². The molecule has 7 heteroatoms. The molecule has 2 aromatic carbocycles. The first-order valence-electron chi connectivity index (χ1n) is 8.06. The van der Waals surface area contributed by atoms with Crippen LogP contribution in [-0.4, -0.2) is 17.1 Å². The van der Waals surface area contributed by atoms with E-state index in [1.54, 1.807) is 39.2 Å². The summed E-state index contributed by atoms with van der Waals surface area (Å²) in [4.78, 5) is 8.75. The van der Waals surface area contributed by atoms with Crippen molar-refractivity contribution >= 4 is 16.7 Å². The van der Waals surface area contributed by atoms with Crippen molar-refractivity contribution in [3.8, 4) is 5.75 Å². The first-order valence-corrected chi connectivity index (χ1v) is 8.06. The second-order valence-electron chi connectivity index (χ2n) is 5.92. The predicted octanol–water partition coefficient (Wildman–Crippen LogP) is 5.20. The summed E-state index contributed by atoms with van der Waals surface area (Å²) < 4.78 is 45.5. The highest BCUT2D eigenvalue weighted by atomic mass is 19.3. The number of hydrogen-bond acceptors (Lipinski definition) is 4. The molecule has 1 N–H and O–H groups in total. The largest absolute Gasteiger partial charge is 0.497 e. The molecule has 1 atom stereocenters. The fourth-order valence-electron chi connectivity index (χ4n) is 2.81. The summed E-state index contributed by atoms with van der Waals surface area (Å²) in [7, 11) is 1.55. The second-order valence-corrected chi connectivity index (χ2v) is 5.92. The molecule has 0 radical (unpaired) electrons. The highest BCUT2D eigenvalue weighted by Gasteiger charge is 2.20. The molecular formula is C19H18F3N3O. The van der Waals surface area contributed by atoms with Crippen LogP contribution in [0.5, 0.6) is 5.75 Å². The average Bonchev–Trinajstić information content (AvgIpc) is 2.61. The van der Waals surface area contributed by atoms with Crippen LogP contribution in [0.1, 0.15) is 36.3 Å². The normalized spacial score (nSPS) is 12.4. The minimum Gasteiger partial charge on any atom is -0.497 e. The number of anilines is 1. The zero-order chi connectivity index (χ0) is 18.8. The molecular weight excluding hydrogens is 343 g/mol. The molecule has 0 aliphatic heterocycles. The molecule has 1 unspecified atom stereocenters. The molecule has 0 amide bonds. The Hall–Kier alpha value is -2.83. The molecule has 0 saturated heterocycles. The van der Waals surface area contributed by atoms with Gasteiger partial charge in [0.2, 0.25) is 0 Å². The Kier molecular flexibility index (Phi) is 4.97. The average molecular weight is 361 g/mol. The van der Waals surface area contributed by atoms with E-state index in [0.29, 0.717) is 28.3 Å². The van der Waals surface area contributed by atoms with Gasteiger partial charge in [-0.15, -0.1) is 0 Å². The molecule has 26 heavy (non-hydrogen) atoms. The van der Waals surface area contributed by atoms with Gasteiger partial charge in [-0.2, -0.15) is 0 Å². The van der Waals surface area contributed by atoms with Crippen LogP contribution in [-0.2, 0) is 0 Å². The molecule has 0 fully saturated rings. The molecule has 136 valence electrons. The second kappa shape index (κ2) is 7.19. The highest BCUT2D eigenvalue weighted by Crippen LogP contribution is 2.31. The van der Waals surface area contributed by atoms with Crippen molar-refractivity contribution in [1.82, 2.24) is 9.97 Å². The SMILES string of the molecule is COc1ccc2nc(C)nc(NC(C)c3cccc(C(F)F)c3F)c2c1. The third-order valence-electron chi connectivity index (χ3n) is 4.13. The number of nitrogens with one attached hydrogen (secondary N) is 1. The van der Waals surface area contributed by atoms with E-state index in [0.717, 1.165) is 6.07 Å². The van der Waals surface area contributed by atoms with Crippen LogP contribution in [0.4, 0.5) is 19.0 Å². The molecule has 1 heterocycles. The Morgan fingerprint density at radius 3 is 2.50 bits per heavy atom. The van der Waals surface area contributed by atoms with Crippen LogP contribution in [0.15, 0.2) is 36.4 Å². The fourth-order valence-corrected chi connectivity index (χ4v) is 2.81. The van der Waals surface area contributed by atoms with Crippen LogP contribution in [0.25, 0.3) is 10.9 Å². The topological polar surface area (TPSA) is 47.0 Å². The van der Waals surface area contributed by atoms with Gasteiger partial charge in [0.15, 0.2) is 0 Å². The monoisotopic (exact) mass is 361 g/mol. The van der Waals surface area contributed by atoms with Gasteiger partial charge in [-0.1, -0.05) is 18.2 Å². The molecule has 1 aromatic heterocycles. The van der Waals surface area contributed by atoms with Gasteiger partial charge >= 0.3 is 0 Å². The maximum Gasteiger partial charge on any atom is 0.266 e. The number of fused-ring (bicyclic) bond motifs is 1. The minimum absolute atomic E-state index is 0.148. The lowest BCUT2D eigenvalue weighted by atomic mass is 10.0. The number of aryl methyl sites for hydroxylation is 1. The number of methoxy groups -OCH3 is 1. The van der Waals surface area contributed by atoms with E-state index in [1.807, 2.05) is 0 Å². The van der Waals surface area contributed by atoms with Crippen LogP contribution >= 0.6 is 0 Å². The van der Waals surface area contributed by atoms with Crippen LogP contribution in [0.3, 0.4) is 0 Å². The third-order valence-corrected chi connectivity index (χ3v) is 4.13. The van der Waals surface area contributed by atoms with Crippen molar-refractivity contribution in [1.29, 1.82) is 0 Å². The van der Waals surface area contributed by atoms with Gasteiger partial charge in [-0.3, -0.25) is 0 Å². The lowest BCUT2D eigenvalue weighted by molar-refractivity contribution is 0.146. The number of halogens is 3. The van der Waals surface area contributed by atoms with Crippen molar-refractivity contribution in [2.45, 2.75) is 26.3 Å². The number of rotatable bonds is 5. The summed E-state index contributed by atoms with van der Waals surface area (Å²) >= 11 is 0. The summed E-state index contributed by atoms with van der Waals surface area (Å²) in [6.07, 6.45) is -2.87. The number of benzene rings is 2. The van der Waals surface area contributed by atoms with Gasteiger partial charge in [-0.25, -0.2) is 23.1 Å². The zero-order valence-corrected chi connectivity index (χ0v) is 14.6. The van der Waals surface area contributed by atoms with Crippen molar-refractivity contribution in [3.63, 3.8) is 0 Å². The molecule has 0 bridgehead atoms. The Balaban J connectivity index is 2.02. The summed E-state index contributed by atoms with van der Waals surface area (Å²) in [5.74, 6) is 0.751. The maximum absolute atomic E-state index is 14.4. The molecule has 0 saturated carbocycles. The summed E-state index contributed by atoms with van der Waals surface area (Å²) in [5.41, 5.74) is 0.242. The van der Waals surface area contributed by atoms with E-state index in [4.69, 9.17) is 4.74 Å². The first kappa shape index (κ1) is 18.0. The van der Waals surface area contributed by atoms with Gasteiger partial charge < -0.3 is 10.1 Å². The first-order chi connectivity index (χ1) is 12.4. The van der Waals surface area contributed by atoms with Gasteiger partial charge in [0.1, 0.15) is 23.2 Å². The lowest BCUT2D eigenvalue weighted by Gasteiger charge is -2.18. The van der Waals surface area contributed by atoms with Crippen molar-refractivity contribution in [3.05, 3.63) is 59.2 Å². The van der Waals surface area contributed by atoms with E-state index in [2.05, 4.69) is 15.3 Å². The number of alkyl halides is 2.